The summed E-state index contributed by atoms with van der Waals surface area (Å²) in [6.45, 7) is 6.14. The van der Waals surface area contributed by atoms with Crippen LogP contribution < -0.4 is 10.1 Å². The fraction of sp³-hybridized carbons (Fsp3) is 0.250. The van der Waals surface area contributed by atoms with Crippen LogP contribution in [0.1, 0.15) is 23.5 Å². The summed E-state index contributed by atoms with van der Waals surface area (Å²) < 4.78 is 11.8. The molecule has 2 atom stereocenters. The summed E-state index contributed by atoms with van der Waals surface area (Å²) in [6.07, 6.45) is 2.67. The molecule has 0 aromatic heterocycles. The lowest BCUT2D eigenvalue weighted by Crippen LogP contribution is -2.40. The molecule has 0 saturated carbocycles. The Bertz CT molecular complexity index is 921. The smallest absolute Gasteiger partial charge is 0.126 e. The molecule has 3 nitrogen and oxygen atoms in total. The lowest BCUT2D eigenvalue weighted by atomic mass is 9.87. The summed E-state index contributed by atoms with van der Waals surface area (Å²) in [5, 5.41) is 5.99. The molecule has 1 fully saturated rings. The van der Waals surface area contributed by atoms with E-state index in [0.717, 1.165) is 25.3 Å². The van der Waals surface area contributed by atoms with Crippen LogP contribution in [0, 0.1) is 0 Å². The maximum absolute atomic E-state index is 6.36. The third kappa shape index (κ3) is 4.21. The van der Waals surface area contributed by atoms with Crippen LogP contribution in [0.3, 0.4) is 0 Å². The number of benzene rings is 3. The first-order chi connectivity index (χ1) is 13.3. The van der Waals surface area contributed by atoms with Gasteiger partial charge < -0.3 is 14.8 Å². The summed E-state index contributed by atoms with van der Waals surface area (Å²) in [4.78, 5) is 0. The highest BCUT2D eigenvalue weighted by molar-refractivity contribution is 5.82. The van der Waals surface area contributed by atoms with E-state index in [1.165, 1.54) is 28.2 Å². The van der Waals surface area contributed by atoms with Gasteiger partial charge in [-0.3, -0.25) is 0 Å². The Kier molecular flexibility index (Phi) is 5.52. The van der Waals surface area contributed by atoms with Crippen molar-refractivity contribution in [1.29, 1.82) is 0 Å². The SMILES string of the molecule is C=COc1cccc(C2CCNCC2OCc2ccc3ccccc3c2)c1. The van der Waals surface area contributed by atoms with Crippen molar-refractivity contribution in [3.63, 3.8) is 0 Å². The van der Waals surface area contributed by atoms with Gasteiger partial charge in [0, 0.05) is 12.5 Å². The van der Waals surface area contributed by atoms with E-state index in [2.05, 4.69) is 66.5 Å². The maximum atomic E-state index is 6.36. The van der Waals surface area contributed by atoms with Crippen molar-refractivity contribution in [3.05, 3.63) is 90.7 Å². The van der Waals surface area contributed by atoms with Gasteiger partial charge in [0.25, 0.3) is 0 Å². The van der Waals surface area contributed by atoms with Gasteiger partial charge in [0.05, 0.1) is 19.0 Å². The molecule has 3 aromatic carbocycles. The van der Waals surface area contributed by atoms with Crippen LogP contribution in [0.2, 0.25) is 0 Å². The van der Waals surface area contributed by atoms with Gasteiger partial charge in [0.1, 0.15) is 5.75 Å². The zero-order valence-corrected chi connectivity index (χ0v) is 15.4. The molecule has 0 spiro atoms. The second-order valence-electron chi connectivity index (χ2n) is 6.99. The molecule has 3 heteroatoms. The second kappa shape index (κ2) is 8.38. The fourth-order valence-electron chi connectivity index (χ4n) is 3.83. The number of hydrogen-bond donors (Lipinski definition) is 1. The first kappa shape index (κ1) is 17.8. The highest BCUT2D eigenvalue weighted by Gasteiger charge is 2.27. The van der Waals surface area contributed by atoms with E-state index in [4.69, 9.17) is 9.47 Å². The molecule has 0 radical (unpaired) electrons. The summed E-state index contributed by atoms with van der Waals surface area (Å²) in [6, 6.07) is 23.2. The standard InChI is InChI=1S/C24H25NO2/c1-2-26-22-9-5-8-21(15-22)23-12-13-25-16-24(23)27-17-18-10-11-19-6-3-4-7-20(19)14-18/h2-11,14-15,23-25H,1,12-13,16-17H2. The van der Waals surface area contributed by atoms with Crippen LogP contribution in [0.5, 0.6) is 5.75 Å². The number of ether oxygens (including phenoxy) is 2. The highest BCUT2D eigenvalue weighted by Crippen LogP contribution is 2.30. The Morgan fingerprint density at radius 2 is 1.89 bits per heavy atom. The van der Waals surface area contributed by atoms with E-state index in [1.807, 2.05) is 12.1 Å². The Morgan fingerprint density at radius 1 is 1.00 bits per heavy atom. The number of fused-ring (bicyclic) bond motifs is 1. The minimum absolute atomic E-state index is 0.143. The Hall–Kier alpha value is -2.62. The fourth-order valence-corrected chi connectivity index (χ4v) is 3.83. The molecule has 0 aliphatic carbocycles. The van der Waals surface area contributed by atoms with Crippen LogP contribution >= 0.6 is 0 Å². The number of hydrogen-bond acceptors (Lipinski definition) is 3. The van der Waals surface area contributed by atoms with Crippen LogP contribution in [-0.4, -0.2) is 19.2 Å². The lowest BCUT2D eigenvalue weighted by Gasteiger charge is -2.32. The lowest BCUT2D eigenvalue weighted by molar-refractivity contribution is 0.0106. The van der Waals surface area contributed by atoms with Gasteiger partial charge in [0.2, 0.25) is 0 Å². The van der Waals surface area contributed by atoms with Crippen LogP contribution in [0.4, 0.5) is 0 Å². The van der Waals surface area contributed by atoms with Crippen molar-refractivity contribution in [1.82, 2.24) is 5.32 Å². The monoisotopic (exact) mass is 359 g/mol. The third-order valence-electron chi connectivity index (χ3n) is 5.21. The second-order valence-corrected chi connectivity index (χ2v) is 6.99. The summed E-state index contributed by atoms with van der Waals surface area (Å²) in [5.74, 6) is 1.19. The van der Waals surface area contributed by atoms with Gasteiger partial charge in [0.15, 0.2) is 0 Å². The van der Waals surface area contributed by atoms with E-state index < -0.39 is 0 Å². The molecule has 1 saturated heterocycles. The van der Waals surface area contributed by atoms with Gasteiger partial charge in [-0.25, -0.2) is 0 Å². The predicted octanol–water partition coefficient (Wildman–Crippen LogP) is 5.02. The minimum atomic E-state index is 0.143. The molecular formula is C24H25NO2. The number of nitrogens with one attached hydrogen (secondary N) is 1. The van der Waals surface area contributed by atoms with Gasteiger partial charge in [-0.05, 0) is 53.1 Å². The zero-order valence-electron chi connectivity index (χ0n) is 15.4. The summed E-state index contributed by atoms with van der Waals surface area (Å²) in [7, 11) is 0. The molecule has 0 bridgehead atoms. The Balaban J connectivity index is 1.48. The van der Waals surface area contributed by atoms with E-state index >= 15 is 0 Å². The first-order valence-corrected chi connectivity index (χ1v) is 9.51. The molecule has 2 unspecified atom stereocenters. The molecule has 3 aromatic rings. The van der Waals surface area contributed by atoms with Crippen molar-refractivity contribution in [2.45, 2.75) is 25.0 Å². The Labute approximate surface area is 160 Å². The average Bonchev–Trinajstić information content (AvgIpc) is 2.73. The van der Waals surface area contributed by atoms with Crippen molar-refractivity contribution in [2.75, 3.05) is 13.1 Å². The van der Waals surface area contributed by atoms with Crippen molar-refractivity contribution in [3.8, 4) is 5.75 Å². The first-order valence-electron chi connectivity index (χ1n) is 9.51. The van der Waals surface area contributed by atoms with Crippen LogP contribution in [0.25, 0.3) is 10.8 Å². The molecular weight excluding hydrogens is 334 g/mol. The van der Waals surface area contributed by atoms with E-state index in [9.17, 15) is 0 Å². The normalized spacial score (nSPS) is 19.7. The van der Waals surface area contributed by atoms with E-state index in [0.29, 0.717) is 12.5 Å². The van der Waals surface area contributed by atoms with Crippen LogP contribution in [-0.2, 0) is 11.3 Å². The zero-order chi connectivity index (χ0) is 18.5. The third-order valence-corrected chi connectivity index (χ3v) is 5.21. The molecule has 4 rings (SSSR count). The van der Waals surface area contributed by atoms with Gasteiger partial charge in [-0.2, -0.15) is 0 Å². The topological polar surface area (TPSA) is 30.5 Å². The minimum Gasteiger partial charge on any atom is -0.466 e. The van der Waals surface area contributed by atoms with Gasteiger partial charge >= 0.3 is 0 Å². The molecule has 1 aliphatic rings. The number of rotatable bonds is 6. The Morgan fingerprint density at radius 3 is 2.78 bits per heavy atom. The molecule has 138 valence electrons. The van der Waals surface area contributed by atoms with E-state index in [1.54, 1.807) is 0 Å². The van der Waals surface area contributed by atoms with Crippen molar-refractivity contribution < 1.29 is 9.47 Å². The largest absolute Gasteiger partial charge is 0.466 e. The van der Waals surface area contributed by atoms with E-state index in [-0.39, 0.29) is 6.10 Å². The molecule has 1 N–H and O–H groups in total. The van der Waals surface area contributed by atoms with Crippen molar-refractivity contribution in [2.24, 2.45) is 0 Å². The van der Waals surface area contributed by atoms with Gasteiger partial charge in [-0.1, -0.05) is 55.1 Å². The molecule has 1 aliphatic heterocycles. The quantitative estimate of drug-likeness (QED) is 0.627. The average molecular weight is 359 g/mol. The molecule has 0 amide bonds. The molecule has 27 heavy (non-hydrogen) atoms. The summed E-state index contributed by atoms with van der Waals surface area (Å²) >= 11 is 0. The van der Waals surface area contributed by atoms with Crippen LogP contribution in [0.15, 0.2) is 79.6 Å². The maximum Gasteiger partial charge on any atom is 0.126 e. The molecule has 1 heterocycles. The van der Waals surface area contributed by atoms with Crippen molar-refractivity contribution >= 4 is 10.8 Å². The van der Waals surface area contributed by atoms with Gasteiger partial charge in [-0.15, -0.1) is 0 Å². The summed E-state index contributed by atoms with van der Waals surface area (Å²) in [5.41, 5.74) is 2.47. The number of piperidine rings is 1. The predicted molar refractivity (Wildman–Crippen MR) is 110 cm³/mol. The highest BCUT2D eigenvalue weighted by atomic mass is 16.5.